The molecule has 0 aliphatic carbocycles. The highest BCUT2D eigenvalue weighted by Gasteiger charge is 2.10. The van der Waals surface area contributed by atoms with Crippen molar-refractivity contribution < 1.29 is 0 Å². The Bertz CT molecular complexity index is 749. The fraction of sp³-hybridized carbons (Fsp3) is 0.0714. The van der Waals surface area contributed by atoms with Gasteiger partial charge in [0.25, 0.3) is 0 Å². The lowest BCUT2D eigenvalue weighted by Crippen LogP contribution is -2.04. The summed E-state index contributed by atoms with van der Waals surface area (Å²) in [5, 5.41) is 5.17. The molecule has 0 radical (unpaired) electrons. The fourth-order valence-electron chi connectivity index (χ4n) is 1.90. The first-order valence-corrected chi connectivity index (χ1v) is 6.42. The number of nitrogens with two attached hydrogens (primary N) is 1. The van der Waals surface area contributed by atoms with Crippen LogP contribution in [0.2, 0.25) is 5.02 Å². The van der Waals surface area contributed by atoms with Crippen LogP contribution in [-0.2, 0) is 0 Å². The molecule has 0 bridgehead atoms. The standard InChI is InChI=1S/C14H12ClN5/c1-9-6-14(18-8-17-9)20-13(16)7-12(19-20)10-2-4-11(15)5-3-10/h2-8H,16H2,1H3. The van der Waals surface area contributed by atoms with E-state index in [4.69, 9.17) is 17.3 Å². The quantitative estimate of drug-likeness (QED) is 0.786. The molecule has 5 nitrogen and oxygen atoms in total. The largest absolute Gasteiger partial charge is 0.384 e. The third-order valence-electron chi connectivity index (χ3n) is 2.88. The summed E-state index contributed by atoms with van der Waals surface area (Å²) in [6.45, 7) is 1.89. The van der Waals surface area contributed by atoms with E-state index >= 15 is 0 Å². The second-order valence-corrected chi connectivity index (χ2v) is 4.83. The summed E-state index contributed by atoms with van der Waals surface area (Å²) in [4.78, 5) is 8.24. The molecule has 3 rings (SSSR count). The van der Waals surface area contributed by atoms with Crippen molar-refractivity contribution in [1.29, 1.82) is 0 Å². The van der Waals surface area contributed by atoms with Crippen molar-refractivity contribution in [3.63, 3.8) is 0 Å². The number of rotatable bonds is 2. The average Bonchev–Trinajstić information content (AvgIpc) is 2.82. The van der Waals surface area contributed by atoms with Crippen molar-refractivity contribution in [2.24, 2.45) is 0 Å². The molecule has 0 amide bonds. The molecule has 20 heavy (non-hydrogen) atoms. The van der Waals surface area contributed by atoms with E-state index in [1.807, 2.05) is 37.3 Å². The molecule has 100 valence electrons. The number of aryl methyl sites for hydroxylation is 1. The predicted molar refractivity (Wildman–Crippen MR) is 78.7 cm³/mol. The van der Waals surface area contributed by atoms with Crippen LogP contribution in [-0.4, -0.2) is 19.7 Å². The summed E-state index contributed by atoms with van der Waals surface area (Å²) in [5.41, 5.74) is 8.59. The van der Waals surface area contributed by atoms with Crippen molar-refractivity contribution in [2.75, 3.05) is 5.73 Å². The third kappa shape index (κ3) is 2.35. The Morgan fingerprint density at radius 3 is 2.55 bits per heavy atom. The molecule has 3 aromatic rings. The van der Waals surface area contributed by atoms with Crippen LogP contribution < -0.4 is 5.73 Å². The molecule has 0 spiro atoms. The lowest BCUT2D eigenvalue weighted by Gasteiger charge is -2.02. The van der Waals surface area contributed by atoms with Gasteiger partial charge < -0.3 is 5.73 Å². The first-order chi connectivity index (χ1) is 9.63. The molecule has 0 saturated carbocycles. The van der Waals surface area contributed by atoms with Crippen molar-refractivity contribution >= 4 is 17.4 Å². The van der Waals surface area contributed by atoms with Crippen molar-refractivity contribution in [2.45, 2.75) is 6.92 Å². The van der Waals surface area contributed by atoms with Crippen LogP contribution in [0.4, 0.5) is 5.82 Å². The summed E-state index contributed by atoms with van der Waals surface area (Å²) in [6, 6.07) is 11.1. The van der Waals surface area contributed by atoms with Gasteiger partial charge in [-0.15, -0.1) is 0 Å². The highest BCUT2D eigenvalue weighted by Crippen LogP contribution is 2.23. The third-order valence-corrected chi connectivity index (χ3v) is 3.14. The first-order valence-electron chi connectivity index (χ1n) is 6.04. The predicted octanol–water partition coefficient (Wildman–Crippen LogP) is 2.87. The van der Waals surface area contributed by atoms with E-state index in [1.54, 1.807) is 10.7 Å². The molecule has 1 aromatic carbocycles. The van der Waals surface area contributed by atoms with Gasteiger partial charge in [-0.25, -0.2) is 9.97 Å². The summed E-state index contributed by atoms with van der Waals surface area (Å²) >= 11 is 5.88. The van der Waals surface area contributed by atoms with E-state index in [0.29, 0.717) is 16.7 Å². The maximum Gasteiger partial charge on any atom is 0.159 e. The monoisotopic (exact) mass is 285 g/mol. The lowest BCUT2D eigenvalue weighted by atomic mass is 10.1. The summed E-state index contributed by atoms with van der Waals surface area (Å²) < 4.78 is 1.60. The zero-order valence-electron chi connectivity index (χ0n) is 10.8. The van der Waals surface area contributed by atoms with Gasteiger partial charge in [-0.1, -0.05) is 23.7 Å². The zero-order chi connectivity index (χ0) is 14.1. The summed E-state index contributed by atoms with van der Waals surface area (Å²) in [5.74, 6) is 1.17. The molecular weight excluding hydrogens is 274 g/mol. The van der Waals surface area contributed by atoms with E-state index in [2.05, 4.69) is 15.1 Å². The number of aromatic nitrogens is 4. The van der Waals surface area contributed by atoms with E-state index < -0.39 is 0 Å². The Hall–Kier alpha value is -2.40. The minimum atomic E-state index is 0.521. The highest BCUT2D eigenvalue weighted by molar-refractivity contribution is 6.30. The van der Waals surface area contributed by atoms with Crippen LogP contribution in [0.15, 0.2) is 42.7 Å². The molecule has 0 aliphatic heterocycles. The van der Waals surface area contributed by atoms with Crippen molar-refractivity contribution in [1.82, 2.24) is 19.7 Å². The smallest absolute Gasteiger partial charge is 0.159 e. The Kier molecular flexibility index (Phi) is 3.12. The zero-order valence-corrected chi connectivity index (χ0v) is 11.5. The van der Waals surface area contributed by atoms with Gasteiger partial charge in [0.1, 0.15) is 12.1 Å². The number of benzene rings is 1. The fourth-order valence-corrected chi connectivity index (χ4v) is 2.02. The van der Waals surface area contributed by atoms with Crippen LogP contribution in [0.1, 0.15) is 5.69 Å². The van der Waals surface area contributed by atoms with Gasteiger partial charge in [0.05, 0.1) is 5.69 Å². The lowest BCUT2D eigenvalue weighted by molar-refractivity contribution is 0.847. The highest BCUT2D eigenvalue weighted by atomic mass is 35.5. The average molecular weight is 286 g/mol. The Morgan fingerprint density at radius 2 is 1.85 bits per heavy atom. The number of nitrogen functional groups attached to an aromatic ring is 1. The molecule has 2 N–H and O–H groups in total. The minimum Gasteiger partial charge on any atom is -0.384 e. The van der Waals surface area contributed by atoms with Crippen LogP contribution in [0, 0.1) is 6.92 Å². The SMILES string of the molecule is Cc1cc(-n2nc(-c3ccc(Cl)cc3)cc2N)ncn1. The molecule has 0 aliphatic rings. The minimum absolute atomic E-state index is 0.521. The maximum atomic E-state index is 6.00. The Balaban J connectivity index is 2.05. The normalized spacial score (nSPS) is 10.7. The second-order valence-electron chi connectivity index (χ2n) is 4.39. The van der Waals surface area contributed by atoms with Gasteiger partial charge in [-0.3, -0.25) is 0 Å². The molecule has 0 atom stereocenters. The van der Waals surface area contributed by atoms with Crippen LogP contribution >= 0.6 is 11.6 Å². The molecule has 2 aromatic heterocycles. The maximum absolute atomic E-state index is 6.00. The van der Waals surface area contributed by atoms with Crippen molar-refractivity contribution in [3.8, 4) is 17.1 Å². The van der Waals surface area contributed by atoms with Gasteiger partial charge >= 0.3 is 0 Å². The van der Waals surface area contributed by atoms with E-state index in [9.17, 15) is 0 Å². The number of halogens is 1. The van der Waals surface area contributed by atoms with Crippen LogP contribution in [0.25, 0.3) is 17.1 Å². The number of anilines is 1. The van der Waals surface area contributed by atoms with Gasteiger partial charge in [0.2, 0.25) is 0 Å². The molecular formula is C14H12ClN5. The number of hydrogen-bond donors (Lipinski definition) is 1. The molecule has 0 fully saturated rings. The first kappa shape index (κ1) is 12.6. The molecule has 0 unspecified atom stereocenters. The molecule has 2 heterocycles. The van der Waals surface area contributed by atoms with E-state index in [0.717, 1.165) is 17.0 Å². The summed E-state index contributed by atoms with van der Waals surface area (Å²) in [7, 11) is 0. The Labute approximate surface area is 121 Å². The summed E-state index contributed by atoms with van der Waals surface area (Å²) in [6.07, 6.45) is 1.49. The number of hydrogen-bond acceptors (Lipinski definition) is 4. The van der Waals surface area contributed by atoms with Crippen molar-refractivity contribution in [3.05, 3.63) is 53.4 Å². The van der Waals surface area contributed by atoms with E-state index in [1.165, 1.54) is 6.33 Å². The van der Waals surface area contributed by atoms with Crippen LogP contribution in [0.3, 0.4) is 0 Å². The van der Waals surface area contributed by atoms with Crippen LogP contribution in [0.5, 0.6) is 0 Å². The van der Waals surface area contributed by atoms with Gasteiger partial charge in [-0.2, -0.15) is 9.78 Å². The second kappa shape index (κ2) is 4.94. The molecule has 0 saturated heterocycles. The van der Waals surface area contributed by atoms with E-state index in [-0.39, 0.29) is 0 Å². The number of nitrogens with zero attached hydrogens (tertiary/aromatic N) is 4. The van der Waals surface area contributed by atoms with Gasteiger partial charge in [-0.05, 0) is 19.1 Å². The van der Waals surface area contributed by atoms with Gasteiger partial charge in [0.15, 0.2) is 5.82 Å². The van der Waals surface area contributed by atoms with Gasteiger partial charge in [0, 0.05) is 28.4 Å². The Morgan fingerprint density at radius 1 is 1.10 bits per heavy atom. The molecule has 6 heteroatoms. The topological polar surface area (TPSA) is 69.6 Å².